The van der Waals surface area contributed by atoms with Crippen LogP contribution in [0.1, 0.15) is 13.8 Å². The van der Waals surface area contributed by atoms with Crippen molar-refractivity contribution in [2.24, 2.45) is 23.7 Å². The quantitative estimate of drug-likeness (QED) is 0.660. The molecule has 1 aliphatic carbocycles. The predicted molar refractivity (Wildman–Crippen MR) is 95.4 cm³/mol. The molecule has 1 aliphatic rings. The molecule has 0 heterocycles. The van der Waals surface area contributed by atoms with Gasteiger partial charge in [-0.3, -0.25) is 9.59 Å². The first kappa shape index (κ1) is 19.4. The van der Waals surface area contributed by atoms with Crippen LogP contribution in [-0.2, 0) is 9.59 Å². The van der Waals surface area contributed by atoms with Gasteiger partial charge < -0.3 is 10.2 Å². The highest BCUT2D eigenvalue weighted by molar-refractivity contribution is 5.82. The normalized spacial score (nSPS) is 27.9. The predicted octanol–water partition coefficient (Wildman–Crippen LogP) is 4.01. The van der Waals surface area contributed by atoms with Gasteiger partial charge in [0.1, 0.15) is 0 Å². The number of carboxylic acids is 2. The summed E-state index contributed by atoms with van der Waals surface area (Å²) >= 11 is 0. The second kappa shape index (κ2) is 8.87. The minimum Gasteiger partial charge on any atom is -0.481 e. The Labute approximate surface area is 142 Å². The van der Waals surface area contributed by atoms with E-state index < -0.39 is 35.6 Å². The summed E-state index contributed by atoms with van der Waals surface area (Å²) in [7, 11) is 0. The first-order valence-corrected chi connectivity index (χ1v) is 7.80. The smallest absolute Gasteiger partial charge is 0.307 e. The number of aliphatic carboxylic acids is 2. The number of allylic oxidation sites excluding steroid dienone is 10. The monoisotopic (exact) mass is 328 g/mol. The molecule has 0 unspecified atom stereocenters. The average molecular weight is 328 g/mol. The first-order chi connectivity index (χ1) is 11.4. The number of carboxylic acid groups (broad SMARTS) is 2. The highest BCUT2D eigenvalue weighted by Crippen LogP contribution is 2.54. The van der Waals surface area contributed by atoms with E-state index in [9.17, 15) is 19.8 Å². The molecule has 4 heteroatoms. The van der Waals surface area contributed by atoms with Crippen LogP contribution in [0.15, 0.2) is 72.9 Å². The molecule has 0 amide bonds. The summed E-state index contributed by atoms with van der Waals surface area (Å²) in [6.45, 7) is 11.0. The molecule has 1 saturated carbocycles. The summed E-state index contributed by atoms with van der Waals surface area (Å²) in [4.78, 5) is 23.7. The maximum atomic E-state index is 11.8. The van der Waals surface area contributed by atoms with Crippen molar-refractivity contribution in [2.45, 2.75) is 13.8 Å². The van der Waals surface area contributed by atoms with Gasteiger partial charge in [0.05, 0.1) is 11.8 Å². The van der Waals surface area contributed by atoms with Gasteiger partial charge in [-0.05, 0) is 25.0 Å². The topological polar surface area (TPSA) is 74.6 Å². The van der Waals surface area contributed by atoms with E-state index in [0.717, 1.165) is 0 Å². The summed E-state index contributed by atoms with van der Waals surface area (Å²) in [5.74, 6) is -4.86. The van der Waals surface area contributed by atoms with Gasteiger partial charge in [0, 0.05) is 11.8 Å². The Kier molecular flexibility index (Phi) is 7.18. The highest BCUT2D eigenvalue weighted by Gasteiger charge is 2.59. The molecule has 0 bridgehead atoms. The van der Waals surface area contributed by atoms with Gasteiger partial charge in [0.2, 0.25) is 0 Å². The summed E-state index contributed by atoms with van der Waals surface area (Å²) in [5.41, 5.74) is 1.29. The van der Waals surface area contributed by atoms with Crippen LogP contribution in [0.5, 0.6) is 0 Å². The van der Waals surface area contributed by atoms with Crippen molar-refractivity contribution in [3.8, 4) is 0 Å². The lowest BCUT2D eigenvalue weighted by Crippen LogP contribution is -2.55. The standard InChI is InChI=1S/C20H24O4/c1-5-9-12-13(8-4)15-17(19(21)22)16(18(15)20(23)24)14(10-6-2)11-7-3/h5-12,15-18H,2,4H2,1,3H3,(H,21,22)(H,23,24)/b9-5-,11-7-,13-12+,14-10+/t15-,16-,17-,18-/m1/s1. The summed E-state index contributed by atoms with van der Waals surface area (Å²) in [5, 5.41) is 19.4. The van der Waals surface area contributed by atoms with Crippen LogP contribution in [0.3, 0.4) is 0 Å². The molecule has 0 saturated heterocycles. The van der Waals surface area contributed by atoms with Crippen LogP contribution < -0.4 is 0 Å². The van der Waals surface area contributed by atoms with Crippen molar-refractivity contribution in [3.63, 3.8) is 0 Å². The average Bonchev–Trinajstić information content (AvgIpc) is 2.49. The highest BCUT2D eigenvalue weighted by atomic mass is 16.4. The number of hydrogen-bond donors (Lipinski definition) is 2. The van der Waals surface area contributed by atoms with Crippen LogP contribution >= 0.6 is 0 Å². The summed E-state index contributed by atoms with van der Waals surface area (Å²) in [6, 6.07) is 0. The maximum absolute atomic E-state index is 11.8. The molecule has 0 aromatic rings. The Morgan fingerprint density at radius 1 is 0.833 bits per heavy atom. The fourth-order valence-electron chi connectivity index (χ4n) is 3.32. The Balaban J connectivity index is 3.43. The molecule has 1 fully saturated rings. The zero-order valence-electron chi connectivity index (χ0n) is 14.1. The fraction of sp³-hybridized carbons (Fsp3) is 0.300. The molecule has 24 heavy (non-hydrogen) atoms. The van der Waals surface area contributed by atoms with Gasteiger partial charge in [0.15, 0.2) is 0 Å². The van der Waals surface area contributed by atoms with Crippen LogP contribution in [-0.4, -0.2) is 22.2 Å². The Morgan fingerprint density at radius 3 is 1.75 bits per heavy atom. The molecule has 0 aliphatic heterocycles. The van der Waals surface area contributed by atoms with Crippen molar-refractivity contribution in [3.05, 3.63) is 72.9 Å². The minimum absolute atomic E-state index is 0.604. The van der Waals surface area contributed by atoms with Gasteiger partial charge in [-0.2, -0.15) is 0 Å². The summed E-state index contributed by atoms with van der Waals surface area (Å²) < 4.78 is 0. The molecular formula is C20H24O4. The van der Waals surface area contributed by atoms with Crippen LogP contribution in [0.4, 0.5) is 0 Å². The SMILES string of the molecule is C=C/C=C(\C=C/C)[C@H]1[C@H](C(=O)O)[C@H](/C(C=C)=C/C=C\C)[C@H]1C(=O)O. The van der Waals surface area contributed by atoms with E-state index in [2.05, 4.69) is 13.2 Å². The van der Waals surface area contributed by atoms with Crippen LogP contribution in [0, 0.1) is 23.7 Å². The van der Waals surface area contributed by atoms with E-state index in [1.807, 2.05) is 6.92 Å². The fourth-order valence-corrected chi connectivity index (χ4v) is 3.32. The van der Waals surface area contributed by atoms with E-state index in [4.69, 9.17) is 0 Å². The lowest BCUT2D eigenvalue weighted by atomic mass is 9.52. The molecule has 0 spiro atoms. The van der Waals surface area contributed by atoms with E-state index in [-0.39, 0.29) is 0 Å². The third kappa shape index (κ3) is 3.82. The molecule has 2 N–H and O–H groups in total. The number of carbonyl (C=O) groups is 2. The van der Waals surface area contributed by atoms with Crippen molar-refractivity contribution in [1.82, 2.24) is 0 Å². The molecule has 0 radical (unpaired) electrons. The van der Waals surface area contributed by atoms with Gasteiger partial charge in [-0.1, -0.05) is 61.8 Å². The lowest BCUT2D eigenvalue weighted by Gasteiger charge is -2.49. The zero-order valence-corrected chi connectivity index (χ0v) is 14.1. The molecule has 0 aromatic carbocycles. The van der Waals surface area contributed by atoms with E-state index >= 15 is 0 Å². The van der Waals surface area contributed by atoms with Crippen LogP contribution in [0.25, 0.3) is 0 Å². The van der Waals surface area contributed by atoms with Gasteiger partial charge in [-0.25, -0.2) is 0 Å². The van der Waals surface area contributed by atoms with Gasteiger partial charge >= 0.3 is 11.9 Å². The van der Waals surface area contributed by atoms with Crippen LogP contribution in [0.2, 0.25) is 0 Å². The van der Waals surface area contributed by atoms with Crippen molar-refractivity contribution in [1.29, 1.82) is 0 Å². The number of hydrogen-bond acceptors (Lipinski definition) is 2. The molecule has 0 aromatic heterocycles. The van der Waals surface area contributed by atoms with Crippen molar-refractivity contribution < 1.29 is 19.8 Å². The molecule has 1 rings (SSSR count). The first-order valence-electron chi connectivity index (χ1n) is 7.80. The van der Waals surface area contributed by atoms with E-state index in [1.54, 1.807) is 55.5 Å². The molecular weight excluding hydrogens is 304 g/mol. The summed E-state index contributed by atoms with van der Waals surface area (Å²) in [6.07, 6.45) is 13.6. The Morgan fingerprint density at radius 2 is 1.38 bits per heavy atom. The van der Waals surface area contributed by atoms with Gasteiger partial charge in [0.25, 0.3) is 0 Å². The second-order valence-electron chi connectivity index (χ2n) is 5.58. The Hall–Kier alpha value is -2.62. The van der Waals surface area contributed by atoms with Crippen molar-refractivity contribution >= 4 is 11.9 Å². The maximum Gasteiger partial charge on any atom is 0.307 e. The van der Waals surface area contributed by atoms with Gasteiger partial charge in [-0.15, -0.1) is 0 Å². The Bertz CT molecular complexity index is 612. The lowest BCUT2D eigenvalue weighted by molar-refractivity contribution is -0.165. The van der Waals surface area contributed by atoms with E-state index in [0.29, 0.717) is 11.1 Å². The molecule has 2 atom stereocenters. The number of rotatable bonds is 8. The molecule has 4 nitrogen and oxygen atoms in total. The minimum atomic E-state index is -1.00. The third-order valence-corrected chi connectivity index (χ3v) is 4.27. The third-order valence-electron chi connectivity index (χ3n) is 4.27. The van der Waals surface area contributed by atoms with Crippen molar-refractivity contribution in [2.75, 3.05) is 0 Å². The zero-order chi connectivity index (χ0) is 18.3. The second-order valence-corrected chi connectivity index (χ2v) is 5.58. The van der Waals surface area contributed by atoms with E-state index in [1.165, 1.54) is 0 Å². The molecule has 128 valence electrons. The largest absolute Gasteiger partial charge is 0.481 e.